The Morgan fingerprint density at radius 2 is 2.10 bits per heavy atom. The number of aliphatic carboxylic acids is 1. The number of ether oxygens (including phenoxy) is 1. The summed E-state index contributed by atoms with van der Waals surface area (Å²) in [6, 6.07) is -0.779. The SMILES string of the molecule is COC(=S)N[C@H](C)[C@H]1C(=O)N2C(C(=O)O)=C(S[C@@H]3CN[C@H](C(=O)N(C)C)C3)[C@H](C)[C@H]12. The van der Waals surface area contributed by atoms with Gasteiger partial charge >= 0.3 is 5.97 Å². The van der Waals surface area contributed by atoms with E-state index in [0.29, 0.717) is 17.9 Å². The van der Waals surface area contributed by atoms with Crippen molar-refractivity contribution < 1.29 is 24.2 Å². The first kappa shape index (κ1) is 22.8. The molecule has 3 heterocycles. The maximum absolute atomic E-state index is 12.8. The Morgan fingerprint density at radius 1 is 1.43 bits per heavy atom. The number of amides is 2. The summed E-state index contributed by atoms with van der Waals surface area (Å²) < 4.78 is 4.98. The van der Waals surface area contributed by atoms with Crippen LogP contribution in [0.3, 0.4) is 0 Å². The van der Waals surface area contributed by atoms with Crippen molar-refractivity contribution in [2.75, 3.05) is 27.7 Å². The lowest BCUT2D eigenvalue weighted by atomic mass is 9.78. The number of methoxy groups -OCH3 is 1. The van der Waals surface area contributed by atoms with Gasteiger partial charge in [0.15, 0.2) is 0 Å². The molecule has 3 aliphatic heterocycles. The number of carbonyl (C=O) groups excluding carboxylic acids is 2. The summed E-state index contributed by atoms with van der Waals surface area (Å²) in [6.07, 6.45) is 0.618. The van der Waals surface area contributed by atoms with E-state index >= 15 is 0 Å². The molecule has 0 unspecified atom stereocenters. The number of carbonyl (C=O) groups is 3. The van der Waals surface area contributed by atoms with Crippen molar-refractivity contribution in [1.82, 2.24) is 20.4 Å². The largest absolute Gasteiger partial charge is 0.477 e. The van der Waals surface area contributed by atoms with Gasteiger partial charge in [-0.2, -0.15) is 0 Å². The first-order valence-corrected chi connectivity index (χ1v) is 11.1. The van der Waals surface area contributed by atoms with Crippen molar-refractivity contribution in [3.63, 3.8) is 0 Å². The molecule has 0 aromatic carbocycles. The lowest BCUT2D eigenvalue weighted by Crippen LogP contribution is -2.66. The number of rotatable bonds is 6. The van der Waals surface area contributed by atoms with Gasteiger partial charge in [-0.3, -0.25) is 9.59 Å². The van der Waals surface area contributed by atoms with Gasteiger partial charge in [0.05, 0.1) is 25.1 Å². The fraction of sp³-hybridized carbons (Fsp3) is 0.684. The van der Waals surface area contributed by atoms with Gasteiger partial charge in [-0.05, 0) is 25.6 Å². The number of nitrogens with one attached hydrogen (secondary N) is 2. The Balaban J connectivity index is 1.76. The third-order valence-electron chi connectivity index (χ3n) is 5.98. The zero-order chi connectivity index (χ0) is 22.3. The summed E-state index contributed by atoms with van der Waals surface area (Å²) in [6.45, 7) is 4.42. The molecule has 2 amide bonds. The number of hydrogen-bond acceptors (Lipinski definition) is 7. The summed E-state index contributed by atoms with van der Waals surface area (Å²) >= 11 is 6.51. The predicted octanol–water partition coefficient (Wildman–Crippen LogP) is 0.221. The average molecular weight is 457 g/mol. The van der Waals surface area contributed by atoms with Gasteiger partial charge in [-0.25, -0.2) is 4.79 Å². The zero-order valence-electron chi connectivity index (χ0n) is 17.7. The highest BCUT2D eigenvalue weighted by Gasteiger charge is 2.60. The van der Waals surface area contributed by atoms with Gasteiger partial charge in [-0.15, -0.1) is 11.8 Å². The van der Waals surface area contributed by atoms with Crippen LogP contribution in [0.15, 0.2) is 10.6 Å². The maximum atomic E-state index is 12.8. The Bertz CT molecular complexity index is 802. The summed E-state index contributed by atoms with van der Waals surface area (Å²) in [7, 11) is 4.89. The fourth-order valence-electron chi connectivity index (χ4n) is 4.50. The fourth-order valence-corrected chi connectivity index (χ4v) is 6.17. The molecule has 6 atom stereocenters. The summed E-state index contributed by atoms with van der Waals surface area (Å²) in [5.41, 5.74) is 0.0719. The summed E-state index contributed by atoms with van der Waals surface area (Å²) in [5, 5.41) is 16.3. The van der Waals surface area contributed by atoms with Crippen LogP contribution in [0.4, 0.5) is 0 Å². The van der Waals surface area contributed by atoms with Crippen LogP contribution in [-0.4, -0.2) is 89.0 Å². The second-order valence-electron chi connectivity index (χ2n) is 8.12. The molecule has 30 heavy (non-hydrogen) atoms. The first-order valence-electron chi connectivity index (χ1n) is 9.84. The van der Waals surface area contributed by atoms with Gasteiger partial charge in [0.2, 0.25) is 11.8 Å². The Kier molecular flexibility index (Phi) is 6.63. The molecule has 2 fully saturated rings. The number of carboxylic acids is 1. The van der Waals surface area contributed by atoms with Crippen LogP contribution in [0.25, 0.3) is 0 Å². The number of thiocarbonyl (C=S) groups is 1. The van der Waals surface area contributed by atoms with Crippen molar-refractivity contribution in [2.24, 2.45) is 11.8 Å². The van der Waals surface area contributed by atoms with Crippen molar-refractivity contribution in [3.05, 3.63) is 10.6 Å². The highest BCUT2D eigenvalue weighted by Crippen LogP contribution is 2.51. The van der Waals surface area contributed by atoms with Crippen molar-refractivity contribution in [1.29, 1.82) is 0 Å². The number of carboxylic acid groups (broad SMARTS) is 1. The minimum atomic E-state index is -1.10. The van der Waals surface area contributed by atoms with E-state index in [1.54, 1.807) is 19.0 Å². The molecule has 0 aliphatic carbocycles. The molecule has 0 saturated carbocycles. The minimum Gasteiger partial charge on any atom is -0.477 e. The van der Waals surface area contributed by atoms with E-state index < -0.39 is 5.97 Å². The Labute approximate surface area is 185 Å². The zero-order valence-corrected chi connectivity index (χ0v) is 19.3. The van der Waals surface area contributed by atoms with E-state index in [0.717, 1.165) is 0 Å². The van der Waals surface area contributed by atoms with E-state index in [-0.39, 0.29) is 57.9 Å². The molecule has 3 N–H and O–H groups in total. The van der Waals surface area contributed by atoms with E-state index in [1.165, 1.54) is 23.8 Å². The number of β-lactam (4-membered cyclic amide) rings is 1. The number of nitrogens with zero attached hydrogens (tertiary/aromatic N) is 2. The van der Waals surface area contributed by atoms with Crippen molar-refractivity contribution >= 4 is 46.9 Å². The lowest BCUT2D eigenvalue weighted by molar-refractivity contribution is -0.158. The molecule has 0 spiro atoms. The van der Waals surface area contributed by atoms with Gasteiger partial charge in [-0.1, -0.05) is 6.92 Å². The van der Waals surface area contributed by atoms with Crippen molar-refractivity contribution in [2.45, 2.75) is 43.6 Å². The van der Waals surface area contributed by atoms with Crippen LogP contribution < -0.4 is 10.6 Å². The topological polar surface area (TPSA) is 111 Å². The first-order chi connectivity index (χ1) is 14.1. The van der Waals surface area contributed by atoms with Gasteiger partial charge in [0, 0.05) is 42.8 Å². The molecule has 9 nitrogen and oxygen atoms in total. The highest BCUT2D eigenvalue weighted by molar-refractivity contribution is 8.03. The van der Waals surface area contributed by atoms with Crippen LogP contribution in [-0.2, 0) is 19.1 Å². The molecule has 0 aromatic heterocycles. The van der Waals surface area contributed by atoms with Gasteiger partial charge in [0.1, 0.15) is 5.70 Å². The van der Waals surface area contributed by atoms with Crippen LogP contribution in [0.5, 0.6) is 0 Å². The second kappa shape index (κ2) is 8.72. The molecular formula is C19H28N4O5S2. The molecule has 0 aromatic rings. The molecule has 0 radical (unpaired) electrons. The normalized spacial score (nSPS) is 31.2. The average Bonchev–Trinajstić information content (AvgIpc) is 3.23. The summed E-state index contributed by atoms with van der Waals surface area (Å²) in [4.78, 5) is 40.8. The molecule has 2 saturated heterocycles. The number of fused-ring (bicyclic) bond motifs is 1. The van der Waals surface area contributed by atoms with Crippen LogP contribution in [0, 0.1) is 11.8 Å². The van der Waals surface area contributed by atoms with Crippen LogP contribution in [0.1, 0.15) is 20.3 Å². The molecule has 3 aliphatic rings. The molecular weight excluding hydrogens is 428 g/mol. The standard InChI is InChI=1S/C19H28N4O5S2/c1-8-13-12(9(2)21-19(29)28-5)17(25)23(13)14(18(26)27)15(8)30-10-6-11(20-7-10)16(24)22(3)4/h8-13,20H,6-7H2,1-5H3,(H,21,29)(H,26,27)/t8-,9-,10+,11+,12-,13-/m1/s1. The van der Waals surface area contributed by atoms with E-state index in [1.807, 2.05) is 13.8 Å². The molecule has 3 rings (SSSR count). The second-order valence-corrected chi connectivity index (χ2v) is 9.84. The van der Waals surface area contributed by atoms with Gasteiger partial charge in [0.25, 0.3) is 5.17 Å². The lowest BCUT2D eigenvalue weighted by Gasteiger charge is -2.47. The predicted molar refractivity (Wildman–Crippen MR) is 117 cm³/mol. The van der Waals surface area contributed by atoms with Crippen molar-refractivity contribution in [3.8, 4) is 0 Å². The maximum Gasteiger partial charge on any atom is 0.353 e. The number of thioether (sulfide) groups is 1. The van der Waals surface area contributed by atoms with Crippen LogP contribution in [0.2, 0.25) is 0 Å². The molecule has 11 heteroatoms. The quantitative estimate of drug-likeness (QED) is 0.382. The van der Waals surface area contributed by atoms with Gasteiger partial charge < -0.3 is 30.3 Å². The van der Waals surface area contributed by atoms with E-state index in [9.17, 15) is 19.5 Å². The third kappa shape index (κ3) is 3.90. The summed E-state index contributed by atoms with van der Waals surface area (Å²) in [5.74, 6) is -1.81. The van der Waals surface area contributed by atoms with E-state index in [2.05, 4.69) is 10.6 Å². The highest BCUT2D eigenvalue weighted by atomic mass is 32.2. The minimum absolute atomic E-state index is 0.0121. The number of hydrogen-bond donors (Lipinski definition) is 3. The smallest absolute Gasteiger partial charge is 0.353 e. The molecule has 0 bridgehead atoms. The Morgan fingerprint density at radius 3 is 2.67 bits per heavy atom. The van der Waals surface area contributed by atoms with Crippen LogP contribution >= 0.6 is 24.0 Å². The third-order valence-corrected chi connectivity index (χ3v) is 7.78. The number of likely N-dealkylation sites (N-methyl/N-ethyl adjacent to an activating group) is 1. The monoisotopic (exact) mass is 456 g/mol. The molecule has 166 valence electrons. The van der Waals surface area contributed by atoms with E-state index in [4.69, 9.17) is 17.0 Å². The Hall–Kier alpha value is -1.85.